The molecule has 1 aromatic carbocycles. The van der Waals surface area contributed by atoms with Crippen molar-refractivity contribution < 1.29 is 9.90 Å². The molecular weight excluding hydrogens is 358 g/mol. The fraction of sp³-hybridized carbons (Fsp3) is 0.588. The van der Waals surface area contributed by atoms with Gasteiger partial charge in [0.05, 0.1) is 18.7 Å². The molecule has 2 aliphatic rings. The highest BCUT2D eigenvalue weighted by molar-refractivity contribution is 9.10. The Hall–Kier alpha value is -1.27. The SMILES string of the molecule is CC(C)NC(=O)N1CC[C@@H]2[C@@H](CO)N(C)c3ccc(Br)cc3[C@@H]21. The van der Waals surface area contributed by atoms with Gasteiger partial charge in [-0.05, 0) is 44.0 Å². The number of carbonyl (C=O) groups excluding carboxylic acids is 1. The van der Waals surface area contributed by atoms with E-state index in [2.05, 4.69) is 38.3 Å². The first-order valence-electron chi connectivity index (χ1n) is 8.14. The lowest BCUT2D eigenvalue weighted by atomic mass is 9.82. The first-order valence-corrected chi connectivity index (χ1v) is 8.93. The summed E-state index contributed by atoms with van der Waals surface area (Å²) in [6, 6.07) is 6.35. The van der Waals surface area contributed by atoms with Gasteiger partial charge in [0.15, 0.2) is 0 Å². The Morgan fingerprint density at radius 1 is 1.48 bits per heavy atom. The van der Waals surface area contributed by atoms with Gasteiger partial charge in [-0.1, -0.05) is 15.9 Å². The Bertz CT molecular complexity index is 608. The van der Waals surface area contributed by atoms with Crippen molar-refractivity contribution in [1.82, 2.24) is 10.2 Å². The summed E-state index contributed by atoms with van der Waals surface area (Å²) >= 11 is 3.55. The number of likely N-dealkylation sites (N-methyl/N-ethyl adjacent to an activating group) is 1. The van der Waals surface area contributed by atoms with Crippen LogP contribution in [0, 0.1) is 5.92 Å². The average molecular weight is 382 g/mol. The van der Waals surface area contributed by atoms with Crippen LogP contribution in [0.1, 0.15) is 31.9 Å². The molecule has 0 radical (unpaired) electrons. The summed E-state index contributed by atoms with van der Waals surface area (Å²) in [5.41, 5.74) is 2.26. The second-order valence-electron chi connectivity index (χ2n) is 6.76. The minimum Gasteiger partial charge on any atom is -0.394 e. The van der Waals surface area contributed by atoms with E-state index in [4.69, 9.17) is 0 Å². The molecule has 0 spiro atoms. The first kappa shape index (κ1) is 16.6. The van der Waals surface area contributed by atoms with Crippen molar-refractivity contribution in [3.8, 4) is 0 Å². The molecule has 5 nitrogen and oxygen atoms in total. The van der Waals surface area contributed by atoms with Gasteiger partial charge in [0.2, 0.25) is 0 Å². The lowest BCUT2D eigenvalue weighted by molar-refractivity contribution is 0.159. The minimum atomic E-state index is -0.0142. The number of aliphatic hydroxyl groups is 1. The maximum Gasteiger partial charge on any atom is 0.318 e. The Balaban J connectivity index is 2.02. The molecule has 2 aliphatic heterocycles. The van der Waals surface area contributed by atoms with Gasteiger partial charge in [0, 0.05) is 35.7 Å². The van der Waals surface area contributed by atoms with Crippen LogP contribution < -0.4 is 10.2 Å². The predicted octanol–water partition coefficient (Wildman–Crippen LogP) is 2.74. The number of halogens is 1. The van der Waals surface area contributed by atoms with E-state index in [0.29, 0.717) is 0 Å². The zero-order valence-electron chi connectivity index (χ0n) is 13.8. The fourth-order valence-electron chi connectivity index (χ4n) is 3.98. The number of aliphatic hydroxyl groups excluding tert-OH is 1. The molecule has 0 unspecified atom stereocenters. The second kappa shape index (κ2) is 6.32. The second-order valence-corrected chi connectivity index (χ2v) is 7.67. The Morgan fingerprint density at radius 2 is 2.22 bits per heavy atom. The van der Waals surface area contributed by atoms with Crippen molar-refractivity contribution in [3.63, 3.8) is 0 Å². The zero-order chi connectivity index (χ0) is 16.7. The summed E-state index contributed by atoms with van der Waals surface area (Å²) in [6.07, 6.45) is 0.914. The topological polar surface area (TPSA) is 55.8 Å². The van der Waals surface area contributed by atoms with E-state index in [-0.39, 0.29) is 36.7 Å². The molecule has 23 heavy (non-hydrogen) atoms. The highest BCUT2D eigenvalue weighted by Crippen LogP contribution is 2.48. The van der Waals surface area contributed by atoms with E-state index >= 15 is 0 Å². The van der Waals surface area contributed by atoms with Gasteiger partial charge >= 0.3 is 6.03 Å². The molecule has 0 aromatic heterocycles. The molecule has 1 fully saturated rings. The monoisotopic (exact) mass is 381 g/mol. The van der Waals surface area contributed by atoms with E-state index < -0.39 is 0 Å². The lowest BCUT2D eigenvalue weighted by Crippen LogP contribution is -2.50. The molecule has 2 N–H and O–H groups in total. The quantitative estimate of drug-likeness (QED) is 0.827. The van der Waals surface area contributed by atoms with Crippen molar-refractivity contribution in [2.45, 2.75) is 38.4 Å². The number of anilines is 1. The highest BCUT2D eigenvalue weighted by atomic mass is 79.9. The number of fused-ring (bicyclic) bond motifs is 3. The predicted molar refractivity (Wildman–Crippen MR) is 94.6 cm³/mol. The minimum absolute atomic E-state index is 0.0142. The van der Waals surface area contributed by atoms with E-state index in [9.17, 15) is 9.90 Å². The number of nitrogens with one attached hydrogen (secondary N) is 1. The van der Waals surface area contributed by atoms with Crippen LogP contribution in [0.3, 0.4) is 0 Å². The van der Waals surface area contributed by atoms with Crippen LogP contribution in [-0.2, 0) is 0 Å². The zero-order valence-corrected chi connectivity index (χ0v) is 15.4. The third-order valence-corrected chi connectivity index (χ3v) is 5.48. The molecule has 126 valence electrons. The number of likely N-dealkylation sites (tertiary alicyclic amines) is 1. The van der Waals surface area contributed by atoms with Crippen LogP contribution in [0.2, 0.25) is 0 Å². The maximum atomic E-state index is 12.6. The smallest absolute Gasteiger partial charge is 0.318 e. The number of urea groups is 1. The van der Waals surface area contributed by atoms with E-state index in [1.54, 1.807) is 0 Å². The number of amides is 2. The van der Waals surface area contributed by atoms with Crippen LogP contribution in [0.5, 0.6) is 0 Å². The molecule has 2 amide bonds. The van der Waals surface area contributed by atoms with Gasteiger partial charge in [0.1, 0.15) is 0 Å². The number of carbonyl (C=O) groups is 1. The number of nitrogens with zero attached hydrogens (tertiary/aromatic N) is 2. The maximum absolute atomic E-state index is 12.6. The van der Waals surface area contributed by atoms with E-state index in [0.717, 1.165) is 28.7 Å². The van der Waals surface area contributed by atoms with Crippen LogP contribution in [-0.4, -0.2) is 48.3 Å². The molecule has 3 rings (SSSR count). The van der Waals surface area contributed by atoms with Gasteiger partial charge in [0.25, 0.3) is 0 Å². The van der Waals surface area contributed by atoms with Crippen molar-refractivity contribution in [1.29, 1.82) is 0 Å². The Morgan fingerprint density at radius 3 is 2.87 bits per heavy atom. The van der Waals surface area contributed by atoms with E-state index in [1.807, 2.05) is 31.9 Å². The van der Waals surface area contributed by atoms with Crippen LogP contribution in [0.25, 0.3) is 0 Å². The molecule has 0 bridgehead atoms. The van der Waals surface area contributed by atoms with Gasteiger partial charge in [-0.25, -0.2) is 4.79 Å². The summed E-state index contributed by atoms with van der Waals surface area (Å²) < 4.78 is 1.02. The summed E-state index contributed by atoms with van der Waals surface area (Å²) in [5, 5.41) is 12.9. The van der Waals surface area contributed by atoms with Crippen molar-refractivity contribution in [3.05, 3.63) is 28.2 Å². The normalized spacial score (nSPS) is 26.3. The number of rotatable bonds is 2. The van der Waals surface area contributed by atoms with Gasteiger partial charge < -0.3 is 20.2 Å². The van der Waals surface area contributed by atoms with Gasteiger partial charge in [-0.3, -0.25) is 0 Å². The molecule has 2 heterocycles. The number of benzene rings is 1. The standard InChI is InChI=1S/C17H24BrN3O2/c1-10(2)19-17(23)21-7-6-12-15(9-22)20(3)14-5-4-11(18)8-13(14)16(12)21/h4-5,8,10,12,15-16,22H,6-7,9H2,1-3H3,(H,19,23)/t12-,15-,16-/m1/s1. The van der Waals surface area contributed by atoms with Crippen molar-refractivity contribution in [2.24, 2.45) is 5.92 Å². The summed E-state index contributed by atoms with van der Waals surface area (Å²) in [4.78, 5) is 16.7. The third-order valence-electron chi connectivity index (χ3n) is 4.98. The number of hydrogen-bond acceptors (Lipinski definition) is 3. The van der Waals surface area contributed by atoms with Crippen LogP contribution in [0.15, 0.2) is 22.7 Å². The van der Waals surface area contributed by atoms with Crippen LogP contribution >= 0.6 is 15.9 Å². The highest BCUT2D eigenvalue weighted by Gasteiger charge is 2.47. The van der Waals surface area contributed by atoms with Crippen LogP contribution in [0.4, 0.5) is 10.5 Å². The van der Waals surface area contributed by atoms with Crippen molar-refractivity contribution in [2.75, 3.05) is 25.1 Å². The van der Waals surface area contributed by atoms with Gasteiger partial charge in [-0.2, -0.15) is 0 Å². The molecule has 0 saturated carbocycles. The average Bonchev–Trinajstić information content (AvgIpc) is 2.92. The Labute approximate surface area is 145 Å². The summed E-state index contributed by atoms with van der Waals surface area (Å²) in [6.45, 7) is 4.78. The summed E-state index contributed by atoms with van der Waals surface area (Å²) in [7, 11) is 2.03. The molecule has 1 saturated heterocycles. The fourth-order valence-corrected chi connectivity index (χ4v) is 4.36. The Kier molecular flexibility index (Phi) is 4.56. The van der Waals surface area contributed by atoms with Crippen molar-refractivity contribution >= 4 is 27.6 Å². The lowest BCUT2D eigenvalue weighted by Gasteiger charge is -2.44. The van der Waals surface area contributed by atoms with Gasteiger partial charge in [-0.15, -0.1) is 0 Å². The third kappa shape index (κ3) is 2.83. The molecule has 0 aliphatic carbocycles. The summed E-state index contributed by atoms with van der Waals surface area (Å²) in [5.74, 6) is 0.254. The van der Waals surface area contributed by atoms with E-state index in [1.165, 1.54) is 0 Å². The molecule has 3 atom stereocenters. The molecular formula is C17H24BrN3O2. The molecule has 1 aromatic rings. The first-order chi connectivity index (χ1) is 10.9. The molecule has 6 heteroatoms. The largest absolute Gasteiger partial charge is 0.394 e. The number of hydrogen-bond donors (Lipinski definition) is 2.